The van der Waals surface area contributed by atoms with Crippen LogP contribution in [0.15, 0.2) is 42.5 Å². The van der Waals surface area contributed by atoms with E-state index in [0.717, 1.165) is 36.8 Å². The first kappa shape index (κ1) is 22.6. The zero-order chi connectivity index (χ0) is 21.7. The monoisotopic (exact) mass is 446 g/mol. The Hall–Kier alpha value is -2.04. The average molecular weight is 447 g/mol. The largest absolute Gasteiger partial charge is 0.352 e. The van der Waals surface area contributed by atoms with Crippen LogP contribution in [0.4, 0.5) is 0 Å². The van der Waals surface area contributed by atoms with Crippen molar-refractivity contribution in [1.29, 1.82) is 0 Å². The van der Waals surface area contributed by atoms with Crippen LogP contribution in [0.1, 0.15) is 49.3 Å². The molecule has 2 aromatic carbocycles. The third-order valence-corrected chi connectivity index (χ3v) is 6.57. The second-order valence-corrected chi connectivity index (χ2v) is 8.81. The van der Waals surface area contributed by atoms with Crippen LogP contribution < -0.4 is 5.32 Å². The van der Waals surface area contributed by atoms with Gasteiger partial charge < -0.3 is 10.2 Å². The van der Waals surface area contributed by atoms with Crippen molar-refractivity contribution >= 4 is 35.0 Å². The van der Waals surface area contributed by atoms with E-state index >= 15 is 0 Å². The summed E-state index contributed by atoms with van der Waals surface area (Å²) in [7, 11) is 0. The van der Waals surface area contributed by atoms with Gasteiger partial charge in [-0.05, 0) is 49.9 Å². The van der Waals surface area contributed by atoms with Crippen molar-refractivity contribution in [2.75, 3.05) is 0 Å². The predicted octanol–water partition coefficient (Wildman–Crippen LogP) is 5.32. The summed E-state index contributed by atoms with van der Waals surface area (Å²) >= 11 is 12.7. The van der Waals surface area contributed by atoms with Crippen molar-refractivity contribution in [1.82, 2.24) is 10.2 Å². The van der Waals surface area contributed by atoms with E-state index in [9.17, 15) is 9.59 Å². The fourth-order valence-corrected chi connectivity index (χ4v) is 4.42. The molecule has 0 spiro atoms. The van der Waals surface area contributed by atoms with Crippen molar-refractivity contribution in [2.45, 2.75) is 64.6 Å². The second kappa shape index (κ2) is 10.3. The normalized spacial score (nSPS) is 15.1. The molecule has 0 bridgehead atoms. The highest BCUT2D eigenvalue weighted by atomic mass is 35.5. The molecule has 1 atom stereocenters. The Morgan fingerprint density at radius 3 is 2.33 bits per heavy atom. The van der Waals surface area contributed by atoms with Crippen LogP contribution in [0.5, 0.6) is 0 Å². The molecule has 1 unspecified atom stereocenters. The highest BCUT2D eigenvalue weighted by Gasteiger charge is 2.29. The molecule has 3 rings (SSSR count). The van der Waals surface area contributed by atoms with E-state index in [1.54, 1.807) is 30.0 Å². The number of amides is 2. The minimum atomic E-state index is -0.630. The lowest BCUT2D eigenvalue weighted by atomic mass is 10.0. The highest BCUT2D eigenvalue weighted by Crippen LogP contribution is 2.27. The fourth-order valence-electron chi connectivity index (χ4n) is 3.90. The molecular weight excluding hydrogens is 419 g/mol. The molecule has 0 heterocycles. The molecule has 160 valence electrons. The molecule has 6 heteroatoms. The summed E-state index contributed by atoms with van der Waals surface area (Å²) in [5.74, 6) is -0.266. The number of rotatable bonds is 7. The van der Waals surface area contributed by atoms with Crippen molar-refractivity contribution in [2.24, 2.45) is 0 Å². The summed E-state index contributed by atoms with van der Waals surface area (Å²) < 4.78 is 0. The van der Waals surface area contributed by atoms with Crippen molar-refractivity contribution in [3.63, 3.8) is 0 Å². The Kier molecular flexibility index (Phi) is 7.79. The summed E-state index contributed by atoms with van der Waals surface area (Å²) in [6.45, 7) is 3.93. The van der Waals surface area contributed by atoms with Gasteiger partial charge in [-0.15, -0.1) is 0 Å². The van der Waals surface area contributed by atoms with Crippen LogP contribution in [-0.4, -0.2) is 28.8 Å². The summed E-state index contributed by atoms with van der Waals surface area (Å²) in [6.07, 6.45) is 4.46. The van der Waals surface area contributed by atoms with Crippen LogP contribution in [0, 0.1) is 6.92 Å². The molecule has 0 aliphatic heterocycles. The minimum absolute atomic E-state index is 0.130. The van der Waals surface area contributed by atoms with Crippen LogP contribution in [0.2, 0.25) is 10.0 Å². The quantitative estimate of drug-likeness (QED) is 0.625. The summed E-state index contributed by atoms with van der Waals surface area (Å²) in [5.41, 5.74) is 2.64. The molecule has 2 aromatic rings. The average Bonchev–Trinajstić information content (AvgIpc) is 3.22. The van der Waals surface area contributed by atoms with Gasteiger partial charge in [0.15, 0.2) is 0 Å². The van der Waals surface area contributed by atoms with Gasteiger partial charge >= 0.3 is 0 Å². The number of aryl methyl sites for hydroxylation is 1. The Labute approximate surface area is 188 Å². The maximum absolute atomic E-state index is 13.3. The van der Waals surface area contributed by atoms with Gasteiger partial charge in [0.05, 0.1) is 6.42 Å². The van der Waals surface area contributed by atoms with Crippen molar-refractivity contribution < 1.29 is 9.59 Å². The number of nitrogens with one attached hydrogen (secondary N) is 1. The Morgan fingerprint density at radius 2 is 1.70 bits per heavy atom. The first-order valence-electron chi connectivity index (χ1n) is 10.4. The predicted molar refractivity (Wildman–Crippen MR) is 122 cm³/mol. The van der Waals surface area contributed by atoms with E-state index in [1.807, 2.05) is 31.2 Å². The lowest BCUT2D eigenvalue weighted by molar-refractivity contribution is -0.140. The van der Waals surface area contributed by atoms with Gasteiger partial charge in [-0.2, -0.15) is 0 Å². The Morgan fingerprint density at radius 1 is 1.07 bits per heavy atom. The highest BCUT2D eigenvalue weighted by molar-refractivity contribution is 6.36. The topological polar surface area (TPSA) is 49.4 Å². The third kappa shape index (κ3) is 5.55. The molecule has 0 saturated heterocycles. The van der Waals surface area contributed by atoms with Crippen LogP contribution in [0.3, 0.4) is 0 Å². The number of benzene rings is 2. The SMILES string of the molecule is Cc1ccccc1CC(=O)N(Cc1c(Cl)cccc1Cl)C(C)C(=O)NC1CCCC1. The molecule has 1 N–H and O–H groups in total. The molecule has 30 heavy (non-hydrogen) atoms. The smallest absolute Gasteiger partial charge is 0.242 e. The van der Waals surface area contributed by atoms with Gasteiger partial charge in [0.2, 0.25) is 11.8 Å². The standard InChI is InChI=1S/C24H28Cl2N2O2/c1-16-8-3-4-9-18(16)14-23(29)28(15-20-21(25)12-7-13-22(20)26)17(2)24(30)27-19-10-5-6-11-19/h3-4,7-9,12-13,17,19H,5-6,10-11,14-15H2,1-2H3,(H,27,30). The van der Waals surface area contributed by atoms with Crippen molar-refractivity contribution in [3.05, 3.63) is 69.2 Å². The number of hydrogen-bond acceptors (Lipinski definition) is 2. The molecule has 1 aliphatic rings. The molecular formula is C24H28Cl2N2O2. The molecule has 1 saturated carbocycles. The Bertz CT molecular complexity index is 890. The van der Waals surface area contributed by atoms with Gasteiger partial charge in [-0.3, -0.25) is 9.59 Å². The van der Waals surface area contributed by atoms with Crippen LogP contribution in [0.25, 0.3) is 0 Å². The molecule has 2 amide bonds. The van der Waals surface area contributed by atoms with Gasteiger partial charge in [-0.1, -0.05) is 66.4 Å². The lowest BCUT2D eigenvalue weighted by Gasteiger charge is -2.30. The van der Waals surface area contributed by atoms with Crippen molar-refractivity contribution in [3.8, 4) is 0 Å². The fraction of sp³-hybridized carbons (Fsp3) is 0.417. The summed E-state index contributed by atoms with van der Waals surface area (Å²) in [5, 5.41) is 4.08. The third-order valence-electron chi connectivity index (χ3n) is 5.86. The van der Waals surface area contributed by atoms with E-state index in [4.69, 9.17) is 23.2 Å². The molecule has 4 nitrogen and oxygen atoms in total. The van der Waals surface area contributed by atoms with Crippen LogP contribution >= 0.6 is 23.2 Å². The number of nitrogens with zero attached hydrogens (tertiary/aromatic N) is 1. The minimum Gasteiger partial charge on any atom is -0.352 e. The zero-order valence-electron chi connectivity index (χ0n) is 17.5. The zero-order valence-corrected chi connectivity index (χ0v) is 19.0. The lowest BCUT2D eigenvalue weighted by Crippen LogP contribution is -2.50. The molecule has 1 fully saturated rings. The second-order valence-electron chi connectivity index (χ2n) is 7.99. The first-order valence-corrected chi connectivity index (χ1v) is 11.2. The molecule has 0 radical (unpaired) electrons. The summed E-state index contributed by atoms with van der Waals surface area (Å²) in [6, 6.07) is 12.6. The summed E-state index contributed by atoms with van der Waals surface area (Å²) in [4.78, 5) is 27.9. The van der Waals surface area contributed by atoms with Crippen LogP contribution in [-0.2, 0) is 22.6 Å². The number of carbonyl (C=O) groups excluding carboxylic acids is 2. The maximum Gasteiger partial charge on any atom is 0.242 e. The first-order chi connectivity index (χ1) is 14.4. The van der Waals surface area contributed by atoms with Gasteiger partial charge in [0.25, 0.3) is 0 Å². The molecule has 1 aliphatic carbocycles. The Balaban J connectivity index is 1.84. The number of carbonyl (C=O) groups is 2. The van der Waals surface area contributed by atoms with E-state index in [-0.39, 0.29) is 30.8 Å². The maximum atomic E-state index is 13.3. The number of hydrogen-bond donors (Lipinski definition) is 1. The van der Waals surface area contributed by atoms with E-state index < -0.39 is 6.04 Å². The van der Waals surface area contributed by atoms with E-state index in [2.05, 4.69) is 5.32 Å². The van der Waals surface area contributed by atoms with E-state index in [1.165, 1.54) is 0 Å². The van der Waals surface area contributed by atoms with Gasteiger partial charge in [-0.25, -0.2) is 0 Å². The van der Waals surface area contributed by atoms with E-state index in [0.29, 0.717) is 15.6 Å². The number of halogens is 2. The van der Waals surface area contributed by atoms with Gasteiger partial charge in [0.1, 0.15) is 6.04 Å². The van der Waals surface area contributed by atoms with Gasteiger partial charge in [0, 0.05) is 28.2 Å². The molecule has 0 aromatic heterocycles.